The van der Waals surface area contributed by atoms with Gasteiger partial charge >= 0.3 is 0 Å². The van der Waals surface area contributed by atoms with E-state index in [1.807, 2.05) is 6.92 Å². The first-order valence-electron chi connectivity index (χ1n) is 5.22. The molecular weight excluding hydrogens is 268 g/mol. The zero-order valence-corrected chi connectivity index (χ0v) is 11.5. The molecule has 1 N–H and O–H groups in total. The van der Waals surface area contributed by atoms with E-state index in [9.17, 15) is 4.79 Å². The molecule has 88 valence electrons. The van der Waals surface area contributed by atoms with E-state index in [4.69, 9.17) is 0 Å². The minimum Gasteiger partial charge on any atom is -0.351 e. The maximum Gasteiger partial charge on any atom is 0.253 e. The maximum absolute atomic E-state index is 11.9. The molecule has 1 aromatic rings. The van der Waals surface area contributed by atoms with Gasteiger partial charge < -0.3 is 5.32 Å². The number of carbonyl (C=O) groups excluding carboxylic acids is 1. The van der Waals surface area contributed by atoms with Crippen LogP contribution in [0.2, 0.25) is 0 Å². The molecule has 0 saturated carbocycles. The van der Waals surface area contributed by atoms with Gasteiger partial charge in [-0.05, 0) is 24.5 Å². The molecular formula is C12H17BrN2O. The molecule has 3 nitrogen and oxygen atoms in total. The quantitative estimate of drug-likeness (QED) is 0.864. The summed E-state index contributed by atoms with van der Waals surface area (Å²) < 4.78 is 0. The third kappa shape index (κ3) is 3.59. The van der Waals surface area contributed by atoms with Crippen LogP contribution >= 0.6 is 15.9 Å². The van der Waals surface area contributed by atoms with Crippen molar-refractivity contribution in [2.75, 3.05) is 11.9 Å². The minimum atomic E-state index is -0.0559. The summed E-state index contributed by atoms with van der Waals surface area (Å²) in [6.45, 7) is 6.67. The van der Waals surface area contributed by atoms with Gasteiger partial charge in [-0.3, -0.25) is 9.78 Å². The molecule has 0 bridgehead atoms. The second-order valence-electron chi connectivity index (χ2n) is 4.62. The van der Waals surface area contributed by atoms with E-state index < -0.39 is 0 Å². The Morgan fingerprint density at radius 2 is 2.25 bits per heavy atom. The van der Waals surface area contributed by atoms with Crippen LogP contribution in [0.3, 0.4) is 0 Å². The lowest BCUT2D eigenvalue weighted by Gasteiger charge is -2.22. The number of carbonyl (C=O) groups is 1. The largest absolute Gasteiger partial charge is 0.351 e. The third-order valence-corrected chi connectivity index (χ3v) is 3.86. The Hall–Kier alpha value is -0.900. The zero-order valence-electron chi connectivity index (χ0n) is 9.88. The van der Waals surface area contributed by atoms with Crippen molar-refractivity contribution < 1.29 is 4.79 Å². The molecule has 0 aliphatic rings. The lowest BCUT2D eigenvalue weighted by atomic mass is 9.96. The summed E-state index contributed by atoms with van der Waals surface area (Å²) in [5.74, 6) is -0.0559. The number of alkyl halides is 1. The monoisotopic (exact) mass is 284 g/mol. The molecule has 0 fully saturated rings. The van der Waals surface area contributed by atoms with Gasteiger partial charge in [0, 0.05) is 23.8 Å². The van der Waals surface area contributed by atoms with Crippen LogP contribution in [0.15, 0.2) is 18.3 Å². The van der Waals surface area contributed by atoms with Crippen LogP contribution in [0.25, 0.3) is 0 Å². The molecule has 0 aliphatic carbocycles. The zero-order chi connectivity index (χ0) is 12.2. The normalized spacial score (nSPS) is 11.2. The predicted molar refractivity (Wildman–Crippen MR) is 68.9 cm³/mol. The molecule has 0 radical (unpaired) electrons. The second kappa shape index (κ2) is 5.43. The summed E-state index contributed by atoms with van der Waals surface area (Å²) in [7, 11) is 0. The molecule has 16 heavy (non-hydrogen) atoms. The van der Waals surface area contributed by atoms with E-state index in [0.29, 0.717) is 12.1 Å². The minimum absolute atomic E-state index is 0.0559. The Kier molecular flexibility index (Phi) is 4.47. The van der Waals surface area contributed by atoms with Crippen molar-refractivity contribution in [3.05, 3.63) is 29.6 Å². The fourth-order valence-electron chi connectivity index (χ4n) is 1.19. The van der Waals surface area contributed by atoms with E-state index >= 15 is 0 Å². The number of nitrogens with one attached hydrogen (secondary N) is 1. The van der Waals surface area contributed by atoms with Gasteiger partial charge in [0.15, 0.2) is 0 Å². The van der Waals surface area contributed by atoms with E-state index in [0.717, 1.165) is 11.0 Å². The van der Waals surface area contributed by atoms with Crippen molar-refractivity contribution >= 4 is 21.8 Å². The number of aromatic nitrogens is 1. The van der Waals surface area contributed by atoms with E-state index in [2.05, 4.69) is 40.1 Å². The average Bonchev–Trinajstić information content (AvgIpc) is 2.27. The number of pyridine rings is 1. The van der Waals surface area contributed by atoms with Crippen LogP contribution in [-0.4, -0.2) is 22.8 Å². The summed E-state index contributed by atoms with van der Waals surface area (Å²) in [5.41, 5.74) is 1.47. The molecule has 0 spiro atoms. The first-order chi connectivity index (χ1) is 7.46. The Morgan fingerprint density at radius 1 is 1.56 bits per heavy atom. The first-order valence-corrected chi connectivity index (χ1v) is 6.34. The summed E-state index contributed by atoms with van der Waals surface area (Å²) >= 11 is 3.43. The molecule has 0 saturated heterocycles. The highest BCUT2D eigenvalue weighted by Gasteiger charge is 2.18. The number of amides is 1. The van der Waals surface area contributed by atoms with Crippen molar-refractivity contribution in [3.8, 4) is 0 Å². The van der Waals surface area contributed by atoms with Gasteiger partial charge in [0.05, 0.1) is 5.56 Å². The Balaban J connectivity index is 2.64. The number of aryl methyl sites for hydroxylation is 1. The molecule has 1 amide bonds. The Labute approximate surface area is 105 Å². The number of hydrogen-bond donors (Lipinski definition) is 1. The SMILES string of the molecule is Cc1ncccc1C(=O)NCC(C)(C)CBr. The van der Waals surface area contributed by atoms with Crippen LogP contribution < -0.4 is 5.32 Å². The number of nitrogens with zero attached hydrogens (tertiary/aromatic N) is 1. The highest BCUT2D eigenvalue weighted by Crippen LogP contribution is 2.16. The standard InChI is InChI=1S/C12H17BrN2O/c1-9-10(5-4-6-14-9)11(16)15-8-12(2,3)7-13/h4-6H,7-8H2,1-3H3,(H,15,16). The van der Waals surface area contributed by atoms with Crippen molar-refractivity contribution in [3.63, 3.8) is 0 Å². The van der Waals surface area contributed by atoms with Gasteiger partial charge in [-0.15, -0.1) is 0 Å². The summed E-state index contributed by atoms with van der Waals surface area (Å²) in [6.07, 6.45) is 1.69. The van der Waals surface area contributed by atoms with Crippen molar-refractivity contribution in [1.29, 1.82) is 0 Å². The van der Waals surface area contributed by atoms with Crippen molar-refractivity contribution in [1.82, 2.24) is 10.3 Å². The van der Waals surface area contributed by atoms with Gasteiger partial charge in [0.25, 0.3) is 5.91 Å². The number of rotatable bonds is 4. The molecule has 1 aromatic heterocycles. The van der Waals surface area contributed by atoms with E-state index in [1.165, 1.54) is 0 Å². The summed E-state index contributed by atoms with van der Waals surface area (Å²) in [5, 5.41) is 3.78. The van der Waals surface area contributed by atoms with Gasteiger partial charge in [0.1, 0.15) is 0 Å². The molecule has 0 aliphatic heterocycles. The highest BCUT2D eigenvalue weighted by atomic mass is 79.9. The summed E-state index contributed by atoms with van der Waals surface area (Å²) in [4.78, 5) is 16.0. The Morgan fingerprint density at radius 3 is 2.81 bits per heavy atom. The molecule has 0 atom stereocenters. The van der Waals surface area contributed by atoms with E-state index in [-0.39, 0.29) is 11.3 Å². The number of hydrogen-bond acceptors (Lipinski definition) is 2. The van der Waals surface area contributed by atoms with Crippen LogP contribution in [-0.2, 0) is 0 Å². The number of halogens is 1. The van der Waals surface area contributed by atoms with Gasteiger partial charge in [-0.2, -0.15) is 0 Å². The van der Waals surface area contributed by atoms with E-state index in [1.54, 1.807) is 18.3 Å². The second-order valence-corrected chi connectivity index (χ2v) is 5.18. The lowest BCUT2D eigenvalue weighted by molar-refractivity contribution is 0.0939. The maximum atomic E-state index is 11.9. The van der Waals surface area contributed by atoms with Crippen LogP contribution in [0.4, 0.5) is 0 Å². The predicted octanol–water partition coefficient (Wildman–Crippen LogP) is 2.54. The third-order valence-electron chi connectivity index (χ3n) is 2.34. The smallest absolute Gasteiger partial charge is 0.253 e. The average molecular weight is 285 g/mol. The van der Waals surface area contributed by atoms with Gasteiger partial charge in [-0.1, -0.05) is 29.8 Å². The molecule has 4 heteroatoms. The van der Waals surface area contributed by atoms with Gasteiger partial charge in [0.2, 0.25) is 0 Å². The molecule has 1 rings (SSSR count). The summed E-state index contributed by atoms with van der Waals surface area (Å²) in [6, 6.07) is 3.57. The van der Waals surface area contributed by atoms with Gasteiger partial charge in [-0.25, -0.2) is 0 Å². The Bertz CT molecular complexity index is 377. The van der Waals surface area contributed by atoms with Crippen molar-refractivity contribution in [2.45, 2.75) is 20.8 Å². The molecule has 1 heterocycles. The van der Waals surface area contributed by atoms with Crippen LogP contribution in [0.5, 0.6) is 0 Å². The fourth-order valence-corrected chi connectivity index (χ4v) is 1.38. The lowest BCUT2D eigenvalue weighted by Crippen LogP contribution is -2.35. The first kappa shape index (κ1) is 13.2. The molecule has 0 unspecified atom stereocenters. The van der Waals surface area contributed by atoms with Crippen molar-refractivity contribution in [2.24, 2.45) is 5.41 Å². The molecule has 0 aromatic carbocycles. The van der Waals surface area contributed by atoms with Crippen LogP contribution in [0, 0.1) is 12.3 Å². The topological polar surface area (TPSA) is 42.0 Å². The van der Waals surface area contributed by atoms with Crippen LogP contribution in [0.1, 0.15) is 29.9 Å². The fraction of sp³-hybridized carbons (Fsp3) is 0.500. The highest BCUT2D eigenvalue weighted by molar-refractivity contribution is 9.09.